The van der Waals surface area contributed by atoms with Gasteiger partial charge in [0.15, 0.2) is 0 Å². The maximum absolute atomic E-state index is 11.9. The van der Waals surface area contributed by atoms with Crippen molar-refractivity contribution in [2.75, 3.05) is 6.54 Å². The minimum Gasteiger partial charge on any atom is -0.356 e. The third-order valence-corrected chi connectivity index (χ3v) is 4.25. The molecule has 2 aromatic rings. The third-order valence-electron chi connectivity index (χ3n) is 4.25. The van der Waals surface area contributed by atoms with Gasteiger partial charge in [-0.05, 0) is 35.6 Å². The van der Waals surface area contributed by atoms with E-state index in [1.54, 1.807) is 0 Å². The van der Waals surface area contributed by atoms with Crippen LogP contribution in [0.25, 0.3) is 10.8 Å². The molecule has 3 rings (SSSR count). The fraction of sp³-hybridized carbons (Fsp3) is 0.389. The highest BCUT2D eigenvalue weighted by molar-refractivity contribution is 5.83. The average molecular weight is 267 g/mol. The van der Waals surface area contributed by atoms with E-state index in [-0.39, 0.29) is 11.8 Å². The summed E-state index contributed by atoms with van der Waals surface area (Å²) in [4.78, 5) is 11.9. The van der Waals surface area contributed by atoms with Gasteiger partial charge in [0.1, 0.15) is 0 Å². The topological polar surface area (TPSA) is 29.1 Å². The van der Waals surface area contributed by atoms with Crippen molar-refractivity contribution < 1.29 is 4.79 Å². The number of carbonyl (C=O) groups is 1. The number of fused-ring (bicyclic) bond motifs is 1. The van der Waals surface area contributed by atoms with Crippen LogP contribution in [0.5, 0.6) is 0 Å². The molecule has 0 saturated heterocycles. The molecule has 1 aliphatic rings. The zero-order valence-corrected chi connectivity index (χ0v) is 11.8. The van der Waals surface area contributed by atoms with Crippen LogP contribution in [0.3, 0.4) is 0 Å². The number of amides is 1. The predicted octanol–water partition coefficient (Wildman–Crippen LogP) is 3.69. The zero-order chi connectivity index (χ0) is 13.8. The van der Waals surface area contributed by atoms with Gasteiger partial charge >= 0.3 is 0 Å². The first kappa shape index (κ1) is 13.2. The Hall–Kier alpha value is -1.83. The SMILES string of the molecule is O=C(NCCc1ccc2ccccc2c1)C1CCCC1. The number of nitrogens with one attached hydrogen (secondary N) is 1. The van der Waals surface area contributed by atoms with Crippen LogP contribution in [0.15, 0.2) is 42.5 Å². The van der Waals surface area contributed by atoms with Gasteiger partial charge in [0.05, 0.1) is 0 Å². The normalized spacial score (nSPS) is 15.6. The fourth-order valence-corrected chi connectivity index (χ4v) is 3.06. The van der Waals surface area contributed by atoms with E-state index in [9.17, 15) is 4.79 Å². The fourth-order valence-electron chi connectivity index (χ4n) is 3.06. The molecule has 1 aliphatic carbocycles. The quantitative estimate of drug-likeness (QED) is 0.899. The van der Waals surface area contributed by atoms with Gasteiger partial charge in [0, 0.05) is 12.5 Å². The molecular weight excluding hydrogens is 246 g/mol. The van der Waals surface area contributed by atoms with E-state index in [0.717, 1.165) is 25.8 Å². The first-order valence-corrected chi connectivity index (χ1v) is 7.58. The molecule has 1 saturated carbocycles. The summed E-state index contributed by atoms with van der Waals surface area (Å²) in [5.41, 5.74) is 1.29. The van der Waals surface area contributed by atoms with Gasteiger partial charge in [-0.15, -0.1) is 0 Å². The summed E-state index contributed by atoms with van der Waals surface area (Å²) in [6.45, 7) is 0.744. The van der Waals surface area contributed by atoms with Crippen LogP contribution >= 0.6 is 0 Å². The standard InChI is InChI=1S/C18H21NO/c20-18(16-6-2-3-7-16)19-12-11-14-9-10-15-5-1-4-8-17(15)13-14/h1,4-5,8-10,13,16H,2-3,6-7,11-12H2,(H,19,20). The van der Waals surface area contributed by atoms with E-state index in [4.69, 9.17) is 0 Å². The van der Waals surface area contributed by atoms with Crippen molar-refractivity contribution in [1.29, 1.82) is 0 Å². The van der Waals surface area contributed by atoms with Crippen molar-refractivity contribution in [1.82, 2.24) is 5.32 Å². The smallest absolute Gasteiger partial charge is 0.223 e. The van der Waals surface area contributed by atoms with E-state index in [1.807, 2.05) is 0 Å². The average Bonchev–Trinajstić information content (AvgIpc) is 3.01. The van der Waals surface area contributed by atoms with Gasteiger partial charge in [-0.3, -0.25) is 4.79 Å². The number of hydrogen-bond acceptors (Lipinski definition) is 1. The monoisotopic (exact) mass is 267 g/mol. The molecule has 2 nitrogen and oxygen atoms in total. The molecule has 0 aromatic heterocycles. The number of hydrogen-bond donors (Lipinski definition) is 1. The number of benzene rings is 2. The first-order valence-electron chi connectivity index (χ1n) is 7.58. The lowest BCUT2D eigenvalue weighted by Crippen LogP contribution is -2.30. The Bertz CT molecular complexity index is 599. The highest BCUT2D eigenvalue weighted by Gasteiger charge is 2.21. The Morgan fingerprint density at radius 1 is 1.05 bits per heavy atom. The second kappa shape index (κ2) is 6.08. The minimum absolute atomic E-state index is 0.253. The molecule has 0 unspecified atom stereocenters. The lowest BCUT2D eigenvalue weighted by atomic mass is 10.0. The van der Waals surface area contributed by atoms with Gasteiger partial charge in [0.25, 0.3) is 0 Å². The Morgan fingerprint density at radius 3 is 2.60 bits per heavy atom. The highest BCUT2D eigenvalue weighted by Crippen LogP contribution is 2.24. The van der Waals surface area contributed by atoms with Gasteiger partial charge in [0.2, 0.25) is 5.91 Å². The molecule has 20 heavy (non-hydrogen) atoms. The van der Waals surface area contributed by atoms with Crippen molar-refractivity contribution in [3.8, 4) is 0 Å². The van der Waals surface area contributed by atoms with Crippen molar-refractivity contribution in [2.45, 2.75) is 32.1 Å². The predicted molar refractivity (Wildman–Crippen MR) is 82.6 cm³/mol. The maximum atomic E-state index is 11.9. The molecule has 0 spiro atoms. The van der Waals surface area contributed by atoms with Gasteiger partial charge in [-0.2, -0.15) is 0 Å². The molecule has 1 N–H and O–H groups in total. The van der Waals surface area contributed by atoms with Crippen LogP contribution in [-0.2, 0) is 11.2 Å². The molecule has 0 bridgehead atoms. The lowest BCUT2D eigenvalue weighted by Gasteiger charge is -2.10. The van der Waals surface area contributed by atoms with Crippen molar-refractivity contribution >= 4 is 16.7 Å². The van der Waals surface area contributed by atoms with Crippen molar-refractivity contribution in [3.63, 3.8) is 0 Å². The maximum Gasteiger partial charge on any atom is 0.223 e. The van der Waals surface area contributed by atoms with Gasteiger partial charge in [-0.25, -0.2) is 0 Å². The Kier molecular flexibility index (Phi) is 4.00. The van der Waals surface area contributed by atoms with Crippen LogP contribution in [0, 0.1) is 5.92 Å². The van der Waals surface area contributed by atoms with E-state index in [1.165, 1.54) is 29.2 Å². The van der Waals surface area contributed by atoms with Gasteiger partial charge in [-0.1, -0.05) is 55.3 Å². The summed E-state index contributed by atoms with van der Waals surface area (Å²) < 4.78 is 0. The van der Waals surface area contributed by atoms with Gasteiger partial charge < -0.3 is 5.32 Å². The molecular formula is C18H21NO. The molecule has 1 amide bonds. The Morgan fingerprint density at radius 2 is 1.80 bits per heavy atom. The van der Waals surface area contributed by atoms with E-state index in [2.05, 4.69) is 47.8 Å². The van der Waals surface area contributed by atoms with Crippen LogP contribution in [-0.4, -0.2) is 12.5 Å². The van der Waals surface area contributed by atoms with E-state index < -0.39 is 0 Å². The van der Waals surface area contributed by atoms with Crippen molar-refractivity contribution in [2.24, 2.45) is 5.92 Å². The van der Waals surface area contributed by atoms with E-state index >= 15 is 0 Å². The largest absolute Gasteiger partial charge is 0.356 e. The lowest BCUT2D eigenvalue weighted by molar-refractivity contribution is -0.124. The summed E-state index contributed by atoms with van der Waals surface area (Å²) in [5, 5.41) is 5.62. The first-order chi connectivity index (χ1) is 9.83. The summed E-state index contributed by atoms with van der Waals surface area (Å²) in [7, 11) is 0. The molecule has 0 aliphatic heterocycles. The van der Waals surface area contributed by atoms with Crippen LogP contribution in [0.2, 0.25) is 0 Å². The Balaban J connectivity index is 1.55. The second-order valence-electron chi connectivity index (χ2n) is 5.70. The Labute approximate surface area is 120 Å². The summed E-state index contributed by atoms with van der Waals surface area (Å²) in [6, 6.07) is 14.9. The summed E-state index contributed by atoms with van der Waals surface area (Å²) in [5.74, 6) is 0.523. The minimum atomic E-state index is 0.253. The molecule has 1 fully saturated rings. The summed E-state index contributed by atoms with van der Waals surface area (Å²) >= 11 is 0. The molecule has 2 aromatic carbocycles. The molecule has 0 heterocycles. The number of carbonyl (C=O) groups excluding carboxylic acids is 1. The zero-order valence-electron chi connectivity index (χ0n) is 11.8. The third kappa shape index (κ3) is 3.01. The number of rotatable bonds is 4. The highest BCUT2D eigenvalue weighted by atomic mass is 16.1. The molecule has 2 heteroatoms. The van der Waals surface area contributed by atoms with Crippen LogP contribution in [0.1, 0.15) is 31.2 Å². The van der Waals surface area contributed by atoms with Crippen LogP contribution < -0.4 is 5.32 Å². The summed E-state index contributed by atoms with van der Waals surface area (Å²) in [6.07, 6.45) is 5.47. The molecule has 0 atom stereocenters. The van der Waals surface area contributed by atoms with Crippen molar-refractivity contribution in [3.05, 3.63) is 48.0 Å². The molecule has 0 radical (unpaired) electrons. The van der Waals surface area contributed by atoms with E-state index in [0.29, 0.717) is 0 Å². The van der Waals surface area contributed by atoms with Crippen LogP contribution in [0.4, 0.5) is 0 Å². The molecule has 104 valence electrons. The second-order valence-corrected chi connectivity index (χ2v) is 5.70.